The van der Waals surface area contributed by atoms with E-state index >= 15 is 0 Å². The van der Waals surface area contributed by atoms with Gasteiger partial charge in [-0.05, 0) is 33.1 Å². The van der Waals surface area contributed by atoms with E-state index in [2.05, 4.69) is 51.0 Å². The summed E-state index contributed by atoms with van der Waals surface area (Å²) in [5.41, 5.74) is 0. The highest BCUT2D eigenvalue weighted by Gasteiger charge is 2.35. The lowest BCUT2D eigenvalue weighted by molar-refractivity contribution is -0.228. The normalized spacial score (nSPS) is 12.6. The Kier molecular flexibility index (Phi) is 7.95. The summed E-state index contributed by atoms with van der Waals surface area (Å²) in [6.07, 6.45) is 0. The molecule has 0 aliphatic carbocycles. The maximum absolute atomic E-state index is 6.17. The van der Waals surface area contributed by atoms with Gasteiger partial charge in [-0.2, -0.15) is 0 Å². The van der Waals surface area contributed by atoms with Crippen LogP contribution in [-0.2, 0) is 4.74 Å². The minimum absolute atomic E-state index is 0.305. The molecule has 0 unspecified atom stereocenters. The minimum Gasteiger partial charge on any atom is -0.343 e. The summed E-state index contributed by atoms with van der Waals surface area (Å²) in [5, 5.41) is 1.20. The van der Waals surface area contributed by atoms with Crippen LogP contribution >= 0.6 is 0 Å². The highest BCUT2D eigenvalue weighted by molar-refractivity contribution is 6.21. The van der Waals surface area contributed by atoms with Gasteiger partial charge in [-0.3, -0.25) is 9.80 Å². The summed E-state index contributed by atoms with van der Waals surface area (Å²) in [4.78, 5) is 4.73. The van der Waals surface area contributed by atoms with Crippen molar-refractivity contribution in [1.82, 2.24) is 9.80 Å². The molecule has 0 N–H and O–H groups in total. The van der Waals surface area contributed by atoms with Gasteiger partial charge < -0.3 is 4.74 Å². The summed E-state index contributed by atoms with van der Waals surface area (Å²) in [5.74, 6) is -0.305. The van der Waals surface area contributed by atoms with E-state index in [1.54, 1.807) is 0 Å². The number of nitrogens with zero attached hydrogens (tertiary/aromatic N) is 2. The summed E-state index contributed by atoms with van der Waals surface area (Å²) >= 11 is 0. The number of ether oxygens (including phenoxy) is 1. The summed E-state index contributed by atoms with van der Waals surface area (Å²) < 4.78 is 6.17. The van der Waals surface area contributed by atoms with Crippen LogP contribution in [0.1, 0.15) is 34.6 Å². The maximum atomic E-state index is 6.17. The monoisotopic (exact) mass is 258 g/mol. The van der Waals surface area contributed by atoms with E-state index in [-0.39, 0.29) is 5.85 Å². The predicted molar refractivity (Wildman–Crippen MR) is 79.3 cm³/mol. The molecule has 0 aromatic rings. The third-order valence-electron chi connectivity index (χ3n) is 3.29. The van der Waals surface area contributed by atoms with E-state index in [1.807, 2.05) is 0 Å². The van der Waals surface area contributed by atoms with Crippen LogP contribution in [0.5, 0.6) is 0 Å². The van der Waals surface area contributed by atoms with E-state index in [0.717, 1.165) is 36.4 Å². The Morgan fingerprint density at radius 1 is 1.06 bits per heavy atom. The lowest BCUT2D eigenvalue weighted by Crippen LogP contribution is -2.60. The van der Waals surface area contributed by atoms with E-state index in [1.165, 1.54) is 5.20 Å². The Morgan fingerprint density at radius 2 is 1.41 bits per heavy atom. The number of hydrogen-bond donors (Lipinski definition) is 0. The summed E-state index contributed by atoms with van der Waals surface area (Å²) in [6.45, 7) is 19.6. The SMILES string of the molecule is C=C([SiH3])COC(C)(N(CC)CC)N(CC)CC. The number of rotatable bonds is 9. The molecule has 0 aliphatic rings. The van der Waals surface area contributed by atoms with Gasteiger partial charge in [-0.25, -0.2) is 0 Å². The van der Waals surface area contributed by atoms with Crippen molar-refractivity contribution in [3.63, 3.8) is 0 Å². The standard InChI is InChI=1S/C13H30N2OSi/c1-7-14(8-2)13(6,15(9-3)10-4)16-11-12(5)17/h5,7-11H2,1-4,6,17H3. The molecule has 0 heterocycles. The highest BCUT2D eigenvalue weighted by atomic mass is 28.1. The molecule has 0 aromatic heterocycles. The molecule has 102 valence electrons. The molecule has 0 bridgehead atoms. The molecule has 0 spiro atoms. The van der Waals surface area contributed by atoms with Crippen molar-refractivity contribution < 1.29 is 4.74 Å². The molecule has 3 nitrogen and oxygen atoms in total. The van der Waals surface area contributed by atoms with E-state index in [0.29, 0.717) is 6.61 Å². The molecule has 0 saturated heterocycles. The Bertz CT molecular complexity index is 213. The first kappa shape index (κ1) is 16.8. The fourth-order valence-corrected chi connectivity index (χ4v) is 2.41. The van der Waals surface area contributed by atoms with Gasteiger partial charge in [0.15, 0.2) is 5.85 Å². The van der Waals surface area contributed by atoms with Crippen LogP contribution in [0.4, 0.5) is 0 Å². The van der Waals surface area contributed by atoms with Gasteiger partial charge in [-0.1, -0.05) is 32.9 Å². The average Bonchev–Trinajstić information content (AvgIpc) is 2.29. The first-order valence-corrected chi connectivity index (χ1v) is 7.74. The van der Waals surface area contributed by atoms with Gasteiger partial charge in [0.25, 0.3) is 0 Å². The van der Waals surface area contributed by atoms with Crippen LogP contribution in [0.25, 0.3) is 0 Å². The highest BCUT2D eigenvalue weighted by Crippen LogP contribution is 2.22. The quantitative estimate of drug-likeness (QED) is 0.457. The predicted octanol–water partition coefficient (Wildman–Crippen LogP) is 1.24. The lowest BCUT2D eigenvalue weighted by Gasteiger charge is -2.47. The molecule has 0 rings (SSSR count). The topological polar surface area (TPSA) is 15.7 Å². The molecule has 0 aliphatic heterocycles. The van der Waals surface area contributed by atoms with Gasteiger partial charge in [0.2, 0.25) is 0 Å². The van der Waals surface area contributed by atoms with Crippen LogP contribution in [0, 0.1) is 0 Å². The van der Waals surface area contributed by atoms with E-state index in [4.69, 9.17) is 4.74 Å². The zero-order valence-corrected chi connectivity index (χ0v) is 14.5. The van der Waals surface area contributed by atoms with Gasteiger partial charge in [0.1, 0.15) is 0 Å². The zero-order chi connectivity index (χ0) is 13.5. The smallest absolute Gasteiger partial charge is 0.177 e. The molecular weight excluding hydrogens is 228 g/mol. The van der Waals surface area contributed by atoms with E-state index in [9.17, 15) is 0 Å². The molecule has 0 saturated carbocycles. The molecule has 0 aromatic carbocycles. The van der Waals surface area contributed by atoms with Gasteiger partial charge in [0, 0.05) is 10.2 Å². The second-order valence-electron chi connectivity index (χ2n) is 4.52. The summed E-state index contributed by atoms with van der Waals surface area (Å²) in [7, 11) is 1.00. The van der Waals surface area contributed by atoms with Gasteiger partial charge in [-0.15, -0.1) is 6.58 Å². The third-order valence-corrected chi connectivity index (χ3v) is 3.58. The third kappa shape index (κ3) is 4.54. The largest absolute Gasteiger partial charge is 0.343 e. The zero-order valence-electron chi connectivity index (χ0n) is 12.5. The number of hydrogen-bond acceptors (Lipinski definition) is 3. The second-order valence-corrected chi connectivity index (χ2v) is 5.94. The van der Waals surface area contributed by atoms with Crippen molar-refractivity contribution >= 4 is 10.2 Å². The first-order chi connectivity index (χ1) is 7.96. The van der Waals surface area contributed by atoms with Crippen LogP contribution in [0.2, 0.25) is 0 Å². The Morgan fingerprint density at radius 3 is 1.65 bits per heavy atom. The van der Waals surface area contributed by atoms with Crippen molar-refractivity contribution in [3.8, 4) is 0 Å². The Balaban J connectivity index is 4.95. The van der Waals surface area contributed by atoms with Crippen LogP contribution in [-0.4, -0.2) is 58.7 Å². The molecule has 0 fully saturated rings. The Labute approximate surface area is 110 Å². The molecule has 17 heavy (non-hydrogen) atoms. The van der Waals surface area contributed by atoms with Crippen molar-refractivity contribution in [2.45, 2.75) is 40.5 Å². The van der Waals surface area contributed by atoms with Crippen LogP contribution in [0.3, 0.4) is 0 Å². The molecule has 4 heteroatoms. The summed E-state index contributed by atoms with van der Waals surface area (Å²) in [6, 6.07) is 0. The van der Waals surface area contributed by atoms with Crippen LogP contribution in [0.15, 0.2) is 11.8 Å². The Hall–Kier alpha value is -0.163. The first-order valence-electron chi connectivity index (χ1n) is 6.74. The fraction of sp³-hybridized carbons (Fsp3) is 0.846. The van der Waals surface area contributed by atoms with Crippen molar-refractivity contribution in [2.24, 2.45) is 0 Å². The van der Waals surface area contributed by atoms with Crippen molar-refractivity contribution in [2.75, 3.05) is 32.8 Å². The van der Waals surface area contributed by atoms with Crippen molar-refractivity contribution in [1.29, 1.82) is 0 Å². The van der Waals surface area contributed by atoms with Gasteiger partial charge in [0.05, 0.1) is 6.61 Å². The van der Waals surface area contributed by atoms with Crippen molar-refractivity contribution in [3.05, 3.63) is 11.8 Å². The van der Waals surface area contributed by atoms with E-state index < -0.39 is 0 Å². The maximum Gasteiger partial charge on any atom is 0.177 e. The molecule has 0 atom stereocenters. The van der Waals surface area contributed by atoms with Crippen LogP contribution < -0.4 is 0 Å². The molecule has 0 amide bonds. The fourth-order valence-electron chi connectivity index (χ4n) is 2.26. The molecular formula is C13H30N2OSi. The lowest BCUT2D eigenvalue weighted by atomic mass is 10.3. The molecule has 0 radical (unpaired) electrons. The minimum atomic E-state index is -0.305. The second kappa shape index (κ2) is 8.03. The average molecular weight is 258 g/mol. The van der Waals surface area contributed by atoms with Gasteiger partial charge >= 0.3 is 0 Å².